The van der Waals surface area contributed by atoms with Crippen molar-refractivity contribution < 1.29 is 27.5 Å². The van der Waals surface area contributed by atoms with Crippen molar-refractivity contribution in [3.05, 3.63) is 70.8 Å². The molecular formula is C20H19F3N2O3S. The van der Waals surface area contributed by atoms with E-state index in [0.29, 0.717) is 11.1 Å². The molecule has 29 heavy (non-hydrogen) atoms. The minimum Gasteiger partial charge on any atom is -0.464 e. The number of alkyl halides is 3. The van der Waals surface area contributed by atoms with Crippen molar-refractivity contribution in [3.63, 3.8) is 0 Å². The Morgan fingerprint density at radius 1 is 1.07 bits per heavy atom. The van der Waals surface area contributed by atoms with Crippen molar-refractivity contribution in [2.24, 2.45) is 9.55 Å². The third kappa shape index (κ3) is 5.83. The van der Waals surface area contributed by atoms with Crippen LogP contribution in [0.1, 0.15) is 29.2 Å². The van der Waals surface area contributed by atoms with Gasteiger partial charge in [-0.1, -0.05) is 47.6 Å². The van der Waals surface area contributed by atoms with Gasteiger partial charge >= 0.3 is 12.1 Å². The molecular weight excluding hydrogens is 405 g/mol. The molecule has 0 spiro atoms. The topological polar surface area (TPSA) is 60.2 Å². The Kier molecular flexibility index (Phi) is 7.83. The molecule has 0 aliphatic rings. The lowest BCUT2D eigenvalue weighted by atomic mass is 10.0. The number of methoxy groups -OCH3 is 1. The second-order valence-electron chi connectivity index (χ2n) is 5.76. The number of oxime groups is 1. The van der Waals surface area contributed by atoms with E-state index in [1.54, 1.807) is 30.5 Å². The summed E-state index contributed by atoms with van der Waals surface area (Å²) in [7, 11) is 1.25. The fourth-order valence-electron chi connectivity index (χ4n) is 2.56. The van der Waals surface area contributed by atoms with Gasteiger partial charge in [-0.05, 0) is 24.9 Å². The fraction of sp³-hybridized carbons (Fsp3) is 0.250. The predicted octanol–water partition coefficient (Wildman–Crippen LogP) is 4.89. The first-order valence-electron chi connectivity index (χ1n) is 8.40. The van der Waals surface area contributed by atoms with E-state index in [0.717, 1.165) is 18.0 Å². The number of carbonyl (C=O) groups is 1. The van der Waals surface area contributed by atoms with Crippen LogP contribution >= 0.6 is 11.9 Å². The van der Waals surface area contributed by atoms with Crippen LogP contribution in [0, 0.1) is 0 Å². The highest BCUT2D eigenvalue weighted by atomic mass is 32.2. The number of hydrogen-bond donors (Lipinski definition) is 0. The summed E-state index contributed by atoms with van der Waals surface area (Å²) in [4.78, 5) is 17.3. The molecule has 0 saturated heterocycles. The second kappa shape index (κ2) is 10.1. The van der Waals surface area contributed by atoms with Gasteiger partial charge in [0.05, 0.1) is 18.4 Å². The van der Waals surface area contributed by atoms with E-state index in [1.807, 2.05) is 0 Å². The van der Waals surface area contributed by atoms with Crippen molar-refractivity contribution in [1.29, 1.82) is 0 Å². The van der Waals surface area contributed by atoms with Crippen LogP contribution in [-0.4, -0.2) is 30.8 Å². The number of rotatable bonds is 7. The second-order valence-corrected chi connectivity index (χ2v) is 6.31. The highest BCUT2D eigenvalue weighted by Crippen LogP contribution is 2.32. The molecule has 0 aliphatic carbocycles. The van der Waals surface area contributed by atoms with Crippen LogP contribution in [0.5, 0.6) is 0 Å². The Bertz CT molecular complexity index is 927. The number of esters is 1. The van der Waals surface area contributed by atoms with Gasteiger partial charge < -0.3 is 9.57 Å². The number of nitrogens with zero attached hydrogens (tertiary/aromatic N) is 2. The molecule has 0 radical (unpaired) electrons. The van der Waals surface area contributed by atoms with Crippen LogP contribution in [-0.2, 0) is 27.2 Å². The summed E-state index contributed by atoms with van der Waals surface area (Å²) in [5, 5.41) is 3.83. The monoisotopic (exact) mass is 424 g/mol. The molecule has 2 aromatic rings. The SMILES string of the molecule is COC(=O)C(=NSC)c1ccccc1CON=C(C)c1ccccc1C(F)(F)F. The highest BCUT2D eigenvalue weighted by Gasteiger charge is 2.33. The van der Waals surface area contributed by atoms with E-state index in [-0.39, 0.29) is 23.6 Å². The molecule has 0 saturated carbocycles. The minimum atomic E-state index is -4.50. The summed E-state index contributed by atoms with van der Waals surface area (Å²) in [6.07, 6.45) is -2.79. The highest BCUT2D eigenvalue weighted by molar-refractivity contribution is 7.97. The maximum atomic E-state index is 13.2. The molecule has 0 N–H and O–H groups in total. The third-order valence-corrected chi connectivity index (χ3v) is 4.24. The van der Waals surface area contributed by atoms with Gasteiger partial charge in [0.25, 0.3) is 0 Å². The molecule has 0 fully saturated rings. The fourth-order valence-corrected chi connectivity index (χ4v) is 2.91. The molecule has 0 aliphatic heterocycles. The molecule has 0 amide bonds. The zero-order valence-electron chi connectivity index (χ0n) is 16.0. The molecule has 2 rings (SSSR count). The number of ether oxygens (including phenoxy) is 1. The average molecular weight is 424 g/mol. The van der Waals surface area contributed by atoms with Gasteiger partial charge in [-0.25, -0.2) is 9.19 Å². The molecule has 0 atom stereocenters. The number of halogens is 3. The minimum absolute atomic E-state index is 0.0625. The van der Waals surface area contributed by atoms with Crippen molar-refractivity contribution in [2.45, 2.75) is 19.7 Å². The van der Waals surface area contributed by atoms with Gasteiger partial charge in [0.15, 0.2) is 5.71 Å². The molecule has 0 aromatic heterocycles. The zero-order valence-corrected chi connectivity index (χ0v) is 16.8. The summed E-state index contributed by atoms with van der Waals surface area (Å²) in [6, 6.07) is 12.0. The van der Waals surface area contributed by atoms with Gasteiger partial charge in [0.1, 0.15) is 6.61 Å². The van der Waals surface area contributed by atoms with E-state index in [4.69, 9.17) is 9.57 Å². The molecule has 0 bridgehead atoms. The van der Waals surface area contributed by atoms with Gasteiger partial charge in [0.2, 0.25) is 0 Å². The average Bonchev–Trinajstić information content (AvgIpc) is 2.71. The van der Waals surface area contributed by atoms with Gasteiger partial charge in [-0.15, -0.1) is 0 Å². The first-order chi connectivity index (χ1) is 13.8. The first kappa shape index (κ1) is 22.5. The number of hydrogen-bond acceptors (Lipinski definition) is 6. The number of carbonyl (C=O) groups excluding carboxylic acids is 1. The lowest BCUT2D eigenvalue weighted by Crippen LogP contribution is -2.18. The Morgan fingerprint density at radius 3 is 2.31 bits per heavy atom. The summed E-state index contributed by atoms with van der Waals surface area (Å²) in [5.41, 5.74) is 0.435. The van der Waals surface area contributed by atoms with Gasteiger partial charge in [0, 0.05) is 22.9 Å². The van der Waals surface area contributed by atoms with Crippen molar-refractivity contribution in [1.82, 2.24) is 0 Å². The Balaban J connectivity index is 2.26. The molecule has 9 heteroatoms. The largest absolute Gasteiger partial charge is 0.464 e. The van der Waals surface area contributed by atoms with Crippen molar-refractivity contribution in [2.75, 3.05) is 13.4 Å². The Labute approximate surface area is 170 Å². The lowest BCUT2D eigenvalue weighted by molar-refractivity contribution is -0.137. The maximum absolute atomic E-state index is 13.2. The van der Waals surface area contributed by atoms with E-state index < -0.39 is 17.7 Å². The van der Waals surface area contributed by atoms with Crippen LogP contribution in [0.2, 0.25) is 0 Å². The lowest BCUT2D eigenvalue weighted by Gasteiger charge is -2.12. The smallest absolute Gasteiger partial charge is 0.417 e. The first-order valence-corrected chi connectivity index (χ1v) is 9.58. The van der Waals surface area contributed by atoms with Crippen molar-refractivity contribution in [3.8, 4) is 0 Å². The van der Waals surface area contributed by atoms with Gasteiger partial charge in [-0.3, -0.25) is 0 Å². The van der Waals surface area contributed by atoms with Gasteiger partial charge in [-0.2, -0.15) is 13.2 Å². The maximum Gasteiger partial charge on any atom is 0.417 e. The summed E-state index contributed by atoms with van der Waals surface area (Å²) in [5.74, 6) is -0.606. The third-order valence-electron chi connectivity index (χ3n) is 3.88. The molecule has 154 valence electrons. The van der Waals surface area contributed by atoms with Crippen LogP contribution < -0.4 is 0 Å². The van der Waals surface area contributed by atoms with E-state index in [9.17, 15) is 18.0 Å². The molecule has 5 nitrogen and oxygen atoms in total. The standard InChI is InChI=1S/C20H19F3N2O3S/c1-13(15-9-6-7-11-17(15)20(21,22)23)24-28-12-14-8-4-5-10-16(14)18(25-29-3)19(26)27-2/h4-11H,12H2,1-3H3. The normalized spacial score (nSPS) is 12.6. The number of benzene rings is 2. The molecule has 0 heterocycles. The molecule has 0 unspecified atom stereocenters. The van der Waals surface area contributed by atoms with E-state index in [1.165, 1.54) is 32.2 Å². The summed E-state index contributed by atoms with van der Waals surface area (Å²) >= 11 is 1.10. The molecule has 2 aromatic carbocycles. The van der Waals surface area contributed by atoms with Crippen LogP contribution in [0.15, 0.2) is 58.1 Å². The zero-order chi connectivity index (χ0) is 21.4. The Hall–Kier alpha value is -2.81. The van der Waals surface area contributed by atoms with E-state index >= 15 is 0 Å². The summed E-state index contributed by atoms with van der Waals surface area (Å²) in [6.45, 7) is 1.37. The van der Waals surface area contributed by atoms with Crippen LogP contribution in [0.3, 0.4) is 0 Å². The quantitative estimate of drug-likeness (QED) is 0.275. The Morgan fingerprint density at radius 2 is 1.69 bits per heavy atom. The van der Waals surface area contributed by atoms with Crippen LogP contribution in [0.25, 0.3) is 0 Å². The predicted molar refractivity (Wildman–Crippen MR) is 107 cm³/mol. The van der Waals surface area contributed by atoms with E-state index in [2.05, 4.69) is 9.55 Å². The van der Waals surface area contributed by atoms with Crippen LogP contribution in [0.4, 0.5) is 13.2 Å². The summed E-state index contributed by atoms with van der Waals surface area (Å²) < 4.78 is 48.4. The van der Waals surface area contributed by atoms with Crippen molar-refractivity contribution >= 4 is 29.3 Å².